The number of carbonyl (C=O) groups is 1. The van der Waals surface area contributed by atoms with E-state index in [1.807, 2.05) is 35.9 Å². The van der Waals surface area contributed by atoms with E-state index in [4.69, 9.17) is 16.3 Å². The van der Waals surface area contributed by atoms with Gasteiger partial charge in [-0.25, -0.2) is 4.98 Å². The molecule has 0 aliphatic rings. The zero-order valence-electron chi connectivity index (χ0n) is 13.2. The summed E-state index contributed by atoms with van der Waals surface area (Å²) in [6.45, 7) is 3.23. The van der Waals surface area contributed by atoms with Crippen LogP contribution < -0.4 is 5.32 Å². The lowest BCUT2D eigenvalue weighted by atomic mass is 10.2. The molecule has 2 aromatic rings. The summed E-state index contributed by atoms with van der Waals surface area (Å²) >= 11 is 7.58. The number of methoxy groups -OCH3 is 1. The number of halogens is 1. The van der Waals surface area contributed by atoms with Crippen LogP contribution in [0, 0.1) is 6.92 Å². The highest BCUT2D eigenvalue weighted by molar-refractivity contribution is 7.99. The van der Waals surface area contributed by atoms with Crippen molar-refractivity contribution in [3.8, 4) is 5.69 Å². The van der Waals surface area contributed by atoms with Crippen LogP contribution in [0.5, 0.6) is 0 Å². The fraction of sp³-hybridized carbons (Fsp3) is 0.375. The van der Waals surface area contributed by atoms with E-state index < -0.39 is 0 Å². The topological polar surface area (TPSA) is 56.1 Å². The Hall–Kier alpha value is -1.50. The Morgan fingerprint density at radius 2 is 2.30 bits per heavy atom. The minimum atomic E-state index is -0.0107. The molecule has 124 valence electrons. The van der Waals surface area contributed by atoms with E-state index >= 15 is 0 Å². The van der Waals surface area contributed by atoms with Crippen molar-refractivity contribution in [1.29, 1.82) is 0 Å². The Labute approximate surface area is 145 Å². The van der Waals surface area contributed by atoms with E-state index in [-0.39, 0.29) is 5.91 Å². The van der Waals surface area contributed by atoms with Crippen LogP contribution >= 0.6 is 23.4 Å². The minimum Gasteiger partial charge on any atom is -0.385 e. The molecule has 0 aliphatic heterocycles. The molecular weight excluding hydrogens is 334 g/mol. The van der Waals surface area contributed by atoms with Gasteiger partial charge in [-0.2, -0.15) is 0 Å². The molecule has 0 unspecified atom stereocenters. The van der Waals surface area contributed by atoms with Crippen LogP contribution in [-0.2, 0) is 9.53 Å². The maximum atomic E-state index is 11.8. The molecule has 0 aliphatic carbocycles. The van der Waals surface area contributed by atoms with Crippen molar-refractivity contribution >= 4 is 29.3 Å². The summed E-state index contributed by atoms with van der Waals surface area (Å²) in [6, 6.07) is 5.75. The summed E-state index contributed by atoms with van der Waals surface area (Å²) < 4.78 is 6.90. The first-order valence-corrected chi connectivity index (χ1v) is 8.67. The number of imidazole rings is 1. The van der Waals surface area contributed by atoms with Crippen molar-refractivity contribution in [1.82, 2.24) is 14.9 Å². The van der Waals surface area contributed by atoms with Gasteiger partial charge in [-0.05, 0) is 31.0 Å². The Balaban J connectivity index is 1.96. The molecule has 1 amide bonds. The van der Waals surface area contributed by atoms with Gasteiger partial charge in [0.2, 0.25) is 5.91 Å². The first kappa shape index (κ1) is 17.8. The average Bonchev–Trinajstić information content (AvgIpc) is 3.00. The summed E-state index contributed by atoms with van der Waals surface area (Å²) in [5.41, 5.74) is 1.95. The molecule has 7 heteroatoms. The fourth-order valence-corrected chi connectivity index (χ4v) is 3.03. The zero-order valence-corrected chi connectivity index (χ0v) is 14.8. The van der Waals surface area contributed by atoms with Crippen molar-refractivity contribution < 1.29 is 9.53 Å². The summed E-state index contributed by atoms with van der Waals surface area (Å²) in [5, 5.41) is 4.34. The minimum absolute atomic E-state index is 0.0107. The Morgan fingerprint density at radius 3 is 3.09 bits per heavy atom. The average molecular weight is 354 g/mol. The molecule has 0 spiro atoms. The van der Waals surface area contributed by atoms with Crippen LogP contribution in [0.2, 0.25) is 5.02 Å². The molecule has 0 radical (unpaired) electrons. The Morgan fingerprint density at radius 1 is 1.48 bits per heavy atom. The third-order valence-corrected chi connectivity index (χ3v) is 4.66. The summed E-state index contributed by atoms with van der Waals surface area (Å²) in [6.07, 6.45) is 4.40. The second kappa shape index (κ2) is 8.96. The number of rotatable bonds is 8. The highest BCUT2D eigenvalue weighted by Crippen LogP contribution is 2.26. The van der Waals surface area contributed by atoms with Crippen molar-refractivity contribution in [2.45, 2.75) is 18.5 Å². The van der Waals surface area contributed by atoms with E-state index in [0.29, 0.717) is 23.9 Å². The van der Waals surface area contributed by atoms with Crippen LogP contribution in [0.3, 0.4) is 0 Å². The number of nitrogens with one attached hydrogen (secondary N) is 1. The van der Waals surface area contributed by atoms with Gasteiger partial charge in [0.25, 0.3) is 0 Å². The first-order valence-electron chi connectivity index (χ1n) is 7.30. The van der Waals surface area contributed by atoms with Gasteiger partial charge in [0.05, 0.1) is 11.4 Å². The van der Waals surface area contributed by atoms with Crippen molar-refractivity contribution in [2.75, 3.05) is 26.0 Å². The molecule has 1 N–H and O–H groups in total. The van der Waals surface area contributed by atoms with E-state index in [9.17, 15) is 4.79 Å². The summed E-state index contributed by atoms with van der Waals surface area (Å²) in [7, 11) is 1.65. The highest BCUT2D eigenvalue weighted by atomic mass is 35.5. The quantitative estimate of drug-likeness (QED) is 0.585. The molecule has 1 heterocycles. The number of nitrogens with zero attached hydrogens (tertiary/aromatic N) is 2. The third-order valence-electron chi connectivity index (χ3n) is 3.29. The van der Waals surface area contributed by atoms with Gasteiger partial charge in [0.1, 0.15) is 0 Å². The second-order valence-electron chi connectivity index (χ2n) is 4.95. The molecule has 1 aromatic carbocycles. The van der Waals surface area contributed by atoms with Crippen molar-refractivity contribution in [3.63, 3.8) is 0 Å². The highest BCUT2D eigenvalue weighted by Gasteiger charge is 2.11. The lowest BCUT2D eigenvalue weighted by Gasteiger charge is -2.11. The Bertz CT molecular complexity index is 661. The molecule has 0 fully saturated rings. The normalized spacial score (nSPS) is 10.7. The predicted octanol–water partition coefficient (Wildman–Crippen LogP) is 3.08. The van der Waals surface area contributed by atoms with Gasteiger partial charge in [-0.3, -0.25) is 9.36 Å². The number of amides is 1. The van der Waals surface area contributed by atoms with Crippen LogP contribution in [-0.4, -0.2) is 41.5 Å². The number of ether oxygens (including phenoxy) is 1. The molecule has 5 nitrogen and oxygen atoms in total. The molecule has 1 aromatic heterocycles. The predicted molar refractivity (Wildman–Crippen MR) is 93.5 cm³/mol. The summed E-state index contributed by atoms with van der Waals surface area (Å²) in [4.78, 5) is 16.2. The Kier molecular flexibility index (Phi) is 6.95. The number of carbonyl (C=O) groups excluding carboxylic acids is 1. The first-order chi connectivity index (χ1) is 11.1. The zero-order chi connectivity index (χ0) is 16.7. The fourth-order valence-electron chi connectivity index (χ4n) is 2.06. The van der Waals surface area contributed by atoms with E-state index in [1.165, 1.54) is 11.8 Å². The number of aromatic nitrogens is 2. The lowest BCUT2D eigenvalue weighted by molar-refractivity contribution is -0.118. The molecule has 0 saturated heterocycles. The van der Waals surface area contributed by atoms with Gasteiger partial charge in [0.15, 0.2) is 5.16 Å². The van der Waals surface area contributed by atoms with Gasteiger partial charge in [-0.15, -0.1) is 0 Å². The molecule has 0 bridgehead atoms. The molecule has 0 atom stereocenters. The van der Waals surface area contributed by atoms with Gasteiger partial charge >= 0.3 is 0 Å². The lowest BCUT2D eigenvalue weighted by Crippen LogP contribution is -2.26. The van der Waals surface area contributed by atoms with Crippen LogP contribution in [0.25, 0.3) is 5.69 Å². The van der Waals surface area contributed by atoms with E-state index in [2.05, 4.69) is 10.3 Å². The third kappa shape index (κ3) is 4.99. The number of thioether (sulfide) groups is 1. The SMILES string of the molecule is COCCCNC(=O)CSc1nccn1-c1cccc(Cl)c1C. The molecule has 2 rings (SSSR count). The largest absolute Gasteiger partial charge is 0.385 e. The number of hydrogen-bond acceptors (Lipinski definition) is 4. The van der Waals surface area contributed by atoms with Crippen LogP contribution in [0.1, 0.15) is 12.0 Å². The second-order valence-corrected chi connectivity index (χ2v) is 6.30. The maximum Gasteiger partial charge on any atom is 0.230 e. The van der Waals surface area contributed by atoms with Gasteiger partial charge in [0, 0.05) is 37.7 Å². The molecule has 23 heavy (non-hydrogen) atoms. The van der Waals surface area contributed by atoms with Crippen LogP contribution in [0.4, 0.5) is 0 Å². The van der Waals surface area contributed by atoms with Crippen molar-refractivity contribution in [2.24, 2.45) is 0 Å². The van der Waals surface area contributed by atoms with Crippen molar-refractivity contribution in [3.05, 3.63) is 41.2 Å². The maximum absolute atomic E-state index is 11.8. The van der Waals surface area contributed by atoms with E-state index in [1.54, 1.807) is 13.3 Å². The molecule has 0 saturated carbocycles. The van der Waals surface area contributed by atoms with Gasteiger partial charge in [-0.1, -0.05) is 29.4 Å². The molecular formula is C16H20ClN3O2S. The van der Waals surface area contributed by atoms with Crippen LogP contribution in [0.15, 0.2) is 35.7 Å². The number of benzene rings is 1. The number of hydrogen-bond donors (Lipinski definition) is 1. The van der Waals surface area contributed by atoms with Gasteiger partial charge < -0.3 is 10.1 Å². The summed E-state index contributed by atoms with van der Waals surface area (Å²) in [5.74, 6) is 0.312. The van der Waals surface area contributed by atoms with E-state index in [0.717, 1.165) is 22.8 Å². The monoisotopic (exact) mass is 353 g/mol. The smallest absolute Gasteiger partial charge is 0.230 e. The standard InChI is InChI=1S/C16H20ClN3O2S/c1-12-13(17)5-3-6-14(12)20-9-8-19-16(20)23-11-15(21)18-7-4-10-22-2/h3,5-6,8-9H,4,7,10-11H2,1-2H3,(H,18,21).